The molecule has 0 saturated carbocycles. The number of hydrogen-bond acceptors (Lipinski definition) is 4. The lowest BCUT2D eigenvalue weighted by Gasteiger charge is -2.27. The first-order valence-corrected chi connectivity index (χ1v) is 4.07. The molecule has 1 heterocycles. The van der Waals surface area contributed by atoms with Gasteiger partial charge < -0.3 is 20.5 Å². The predicted molar refractivity (Wildman–Crippen MR) is 46.1 cm³/mol. The van der Waals surface area contributed by atoms with Crippen molar-refractivity contribution in [1.29, 1.82) is 0 Å². The summed E-state index contributed by atoms with van der Waals surface area (Å²) in [7, 11) is 0. The van der Waals surface area contributed by atoms with Crippen molar-refractivity contribution in [2.24, 2.45) is 5.73 Å². The van der Waals surface area contributed by atoms with E-state index in [9.17, 15) is 4.79 Å². The molecule has 1 aliphatic heterocycles. The van der Waals surface area contributed by atoms with Crippen LogP contribution in [-0.4, -0.2) is 17.9 Å². The molecule has 1 rings (SSSR count). The Labute approximate surface area is 76.9 Å². The second-order valence-corrected chi connectivity index (χ2v) is 3.23. The number of carbonyl (C=O) groups excluding carboxylic acids is 1. The monoisotopic (exact) mass is 186 g/mol. The third kappa shape index (κ3) is 2.35. The van der Waals surface area contributed by atoms with Crippen molar-refractivity contribution in [3.63, 3.8) is 0 Å². The maximum absolute atomic E-state index is 10.7. The van der Waals surface area contributed by atoms with E-state index in [-0.39, 0.29) is 11.9 Å². The van der Waals surface area contributed by atoms with E-state index in [0.717, 1.165) is 0 Å². The number of ether oxygens (including phenoxy) is 2. The Hall–Kier alpha value is -1.23. The van der Waals surface area contributed by atoms with Gasteiger partial charge in [0.15, 0.2) is 0 Å². The third-order valence-corrected chi connectivity index (χ3v) is 1.47. The van der Waals surface area contributed by atoms with Crippen molar-refractivity contribution in [3.8, 4) is 0 Å². The molecule has 0 radical (unpaired) electrons. The van der Waals surface area contributed by atoms with Crippen LogP contribution in [0.2, 0.25) is 0 Å². The van der Waals surface area contributed by atoms with Crippen LogP contribution in [0.15, 0.2) is 12.0 Å². The fraction of sp³-hybridized carbons (Fsp3) is 0.625. The Balaban J connectivity index is 2.56. The van der Waals surface area contributed by atoms with E-state index in [1.54, 1.807) is 6.92 Å². The highest BCUT2D eigenvalue weighted by Crippen LogP contribution is 2.21. The fourth-order valence-corrected chi connectivity index (χ4v) is 1.09. The molecule has 0 aromatic carbocycles. The van der Waals surface area contributed by atoms with Crippen molar-refractivity contribution in [2.45, 2.75) is 32.8 Å². The summed E-state index contributed by atoms with van der Waals surface area (Å²) in [6, 6.07) is 0. The Morgan fingerprint density at radius 3 is 2.77 bits per heavy atom. The average molecular weight is 186 g/mol. The Morgan fingerprint density at radius 2 is 2.38 bits per heavy atom. The number of carbonyl (C=O) groups is 1. The molecular weight excluding hydrogens is 172 g/mol. The smallest absolute Gasteiger partial charge is 0.289 e. The molecule has 1 unspecified atom stereocenters. The van der Waals surface area contributed by atoms with Crippen molar-refractivity contribution in [1.82, 2.24) is 5.32 Å². The maximum Gasteiger partial charge on any atom is 0.289 e. The van der Waals surface area contributed by atoms with Crippen LogP contribution >= 0.6 is 0 Å². The Bertz CT molecular complexity index is 250. The SMILES string of the molecule is CC(C)OC1(C)NC=C(C(N)=O)O1. The topological polar surface area (TPSA) is 73.6 Å². The van der Waals surface area contributed by atoms with Gasteiger partial charge in [0.2, 0.25) is 5.76 Å². The lowest BCUT2D eigenvalue weighted by Crippen LogP contribution is -2.42. The summed E-state index contributed by atoms with van der Waals surface area (Å²) >= 11 is 0. The lowest BCUT2D eigenvalue weighted by molar-refractivity contribution is -0.222. The zero-order chi connectivity index (χ0) is 10.1. The Kier molecular flexibility index (Phi) is 2.47. The molecule has 74 valence electrons. The highest BCUT2D eigenvalue weighted by Gasteiger charge is 2.34. The number of hydrogen-bond donors (Lipinski definition) is 2. The normalized spacial score (nSPS) is 26.6. The molecule has 5 heteroatoms. The average Bonchev–Trinajstić information content (AvgIpc) is 2.29. The number of nitrogens with one attached hydrogen (secondary N) is 1. The van der Waals surface area contributed by atoms with Crippen molar-refractivity contribution in [2.75, 3.05) is 0 Å². The highest BCUT2D eigenvalue weighted by atomic mass is 16.7. The summed E-state index contributed by atoms with van der Waals surface area (Å²) in [4.78, 5) is 10.7. The summed E-state index contributed by atoms with van der Waals surface area (Å²) in [5.74, 6) is -1.50. The fourth-order valence-electron chi connectivity index (χ4n) is 1.09. The van der Waals surface area contributed by atoms with Gasteiger partial charge in [-0.25, -0.2) is 0 Å². The molecule has 1 atom stereocenters. The van der Waals surface area contributed by atoms with Gasteiger partial charge in [0, 0.05) is 6.92 Å². The van der Waals surface area contributed by atoms with Crippen LogP contribution < -0.4 is 11.1 Å². The van der Waals surface area contributed by atoms with Crippen LogP contribution in [0.25, 0.3) is 0 Å². The van der Waals surface area contributed by atoms with Crippen LogP contribution in [0.5, 0.6) is 0 Å². The molecule has 0 aromatic rings. The molecule has 13 heavy (non-hydrogen) atoms. The first kappa shape index (κ1) is 9.85. The second kappa shape index (κ2) is 3.26. The van der Waals surface area contributed by atoms with Crippen LogP contribution in [0.1, 0.15) is 20.8 Å². The molecule has 0 fully saturated rings. The molecule has 0 bridgehead atoms. The van der Waals surface area contributed by atoms with Crippen LogP contribution in [-0.2, 0) is 14.3 Å². The van der Waals surface area contributed by atoms with Gasteiger partial charge in [-0.05, 0) is 13.8 Å². The summed E-state index contributed by atoms with van der Waals surface area (Å²) < 4.78 is 10.6. The van der Waals surface area contributed by atoms with Gasteiger partial charge in [-0.2, -0.15) is 0 Å². The summed E-state index contributed by atoms with van der Waals surface area (Å²) in [6.07, 6.45) is 1.41. The van der Waals surface area contributed by atoms with Gasteiger partial charge in [0.25, 0.3) is 11.8 Å². The molecule has 1 aliphatic rings. The molecular formula is C8H14N2O3. The van der Waals surface area contributed by atoms with Gasteiger partial charge in [-0.15, -0.1) is 0 Å². The van der Waals surface area contributed by atoms with E-state index < -0.39 is 11.8 Å². The minimum Gasteiger partial charge on any atom is -0.437 e. The zero-order valence-electron chi connectivity index (χ0n) is 7.96. The predicted octanol–water partition coefficient (Wildman–Crippen LogP) is 0.0316. The lowest BCUT2D eigenvalue weighted by atomic mass is 10.4. The molecule has 0 saturated heterocycles. The third-order valence-electron chi connectivity index (χ3n) is 1.47. The van der Waals surface area contributed by atoms with E-state index >= 15 is 0 Å². The zero-order valence-corrected chi connectivity index (χ0v) is 7.96. The molecule has 1 amide bonds. The van der Waals surface area contributed by atoms with Gasteiger partial charge in [0.1, 0.15) is 0 Å². The van der Waals surface area contributed by atoms with Gasteiger partial charge in [-0.1, -0.05) is 0 Å². The molecule has 3 N–H and O–H groups in total. The highest BCUT2D eigenvalue weighted by molar-refractivity contribution is 5.90. The van der Waals surface area contributed by atoms with Gasteiger partial charge >= 0.3 is 0 Å². The van der Waals surface area contributed by atoms with Crippen LogP contribution in [0, 0.1) is 0 Å². The first-order chi connectivity index (χ1) is 5.93. The molecule has 0 aromatic heterocycles. The van der Waals surface area contributed by atoms with E-state index in [1.165, 1.54) is 6.20 Å². The minimum atomic E-state index is -0.974. The van der Waals surface area contributed by atoms with E-state index in [0.29, 0.717) is 0 Å². The Morgan fingerprint density at radius 1 is 1.77 bits per heavy atom. The van der Waals surface area contributed by atoms with Gasteiger partial charge in [-0.3, -0.25) is 4.79 Å². The van der Waals surface area contributed by atoms with Crippen molar-refractivity contribution < 1.29 is 14.3 Å². The summed E-state index contributed by atoms with van der Waals surface area (Å²) in [5, 5.41) is 2.79. The first-order valence-electron chi connectivity index (χ1n) is 4.07. The summed E-state index contributed by atoms with van der Waals surface area (Å²) in [6.45, 7) is 5.43. The maximum atomic E-state index is 10.7. The van der Waals surface area contributed by atoms with Crippen molar-refractivity contribution in [3.05, 3.63) is 12.0 Å². The number of rotatable bonds is 3. The second-order valence-electron chi connectivity index (χ2n) is 3.23. The number of primary amides is 1. The number of nitrogens with two attached hydrogens (primary N) is 1. The van der Waals surface area contributed by atoms with E-state index in [1.807, 2.05) is 13.8 Å². The van der Waals surface area contributed by atoms with Crippen molar-refractivity contribution >= 4 is 5.91 Å². The largest absolute Gasteiger partial charge is 0.437 e. The number of amides is 1. The minimum absolute atomic E-state index is 0.00173. The van der Waals surface area contributed by atoms with E-state index in [2.05, 4.69) is 5.32 Å². The van der Waals surface area contributed by atoms with Crippen LogP contribution in [0.3, 0.4) is 0 Å². The molecule has 5 nitrogen and oxygen atoms in total. The molecule has 0 aliphatic carbocycles. The summed E-state index contributed by atoms with van der Waals surface area (Å²) in [5.41, 5.74) is 5.02. The van der Waals surface area contributed by atoms with Crippen LogP contribution in [0.4, 0.5) is 0 Å². The van der Waals surface area contributed by atoms with Gasteiger partial charge in [0.05, 0.1) is 12.3 Å². The molecule has 0 spiro atoms. The van der Waals surface area contributed by atoms with E-state index in [4.69, 9.17) is 15.2 Å². The quantitative estimate of drug-likeness (QED) is 0.652. The standard InChI is InChI=1S/C8H14N2O3/c1-5(2)12-8(3)10-4-6(13-8)7(9)11/h4-5,10H,1-3H3,(H2,9,11).